The van der Waals surface area contributed by atoms with Gasteiger partial charge < -0.3 is 15.0 Å². The Morgan fingerprint density at radius 3 is 2.52 bits per heavy atom. The molecule has 4 rings (SSSR count). The summed E-state index contributed by atoms with van der Waals surface area (Å²) in [5, 5.41) is 10.5. The fraction of sp³-hybridized carbons (Fsp3) is 0.400. The molecule has 1 aliphatic heterocycles. The minimum atomic E-state index is -0.343. The maximum absolute atomic E-state index is 13.7. The molecule has 0 bridgehead atoms. The number of aromatic amines is 1. The summed E-state index contributed by atoms with van der Waals surface area (Å²) in [6.07, 6.45) is 4.40. The second-order valence-electron chi connectivity index (χ2n) is 7.24. The van der Waals surface area contributed by atoms with Crippen molar-refractivity contribution in [2.24, 2.45) is 11.8 Å². The molecule has 2 N–H and O–H groups in total. The van der Waals surface area contributed by atoms with Crippen molar-refractivity contribution in [2.45, 2.75) is 20.0 Å². The second-order valence-corrected chi connectivity index (χ2v) is 7.68. The van der Waals surface area contributed by atoms with Crippen LogP contribution >= 0.6 is 11.6 Å². The first-order valence-electron chi connectivity index (χ1n) is 8.97. The van der Waals surface area contributed by atoms with Crippen molar-refractivity contribution in [1.29, 1.82) is 0 Å². The summed E-state index contributed by atoms with van der Waals surface area (Å²) in [6, 6.07) is 5.09. The fourth-order valence-electron chi connectivity index (χ4n) is 3.62. The Labute approximate surface area is 163 Å². The van der Waals surface area contributed by atoms with Crippen LogP contribution in [0.25, 0.3) is 22.3 Å². The number of aromatic nitrogens is 3. The Hall–Kier alpha value is -2.02. The molecule has 4 heterocycles. The Morgan fingerprint density at radius 1 is 1.19 bits per heavy atom. The number of likely N-dealkylation sites (tertiary alicyclic amines) is 1. The highest BCUT2D eigenvalue weighted by Crippen LogP contribution is 2.28. The highest BCUT2D eigenvalue weighted by atomic mass is 35.5. The lowest BCUT2D eigenvalue weighted by Crippen LogP contribution is -2.45. The summed E-state index contributed by atoms with van der Waals surface area (Å²) in [5.74, 6) is 0.535. The van der Waals surface area contributed by atoms with Crippen LogP contribution in [0.3, 0.4) is 0 Å². The van der Waals surface area contributed by atoms with Crippen molar-refractivity contribution in [3.63, 3.8) is 0 Å². The van der Waals surface area contributed by atoms with Crippen molar-refractivity contribution < 1.29 is 9.50 Å². The summed E-state index contributed by atoms with van der Waals surface area (Å²) < 4.78 is 13.7. The molecule has 2 atom stereocenters. The van der Waals surface area contributed by atoms with Gasteiger partial charge in [-0.2, -0.15) is 0 Å². The molecule has 3 aromatic rings. The summed E-state index contributed by atoms with van der Waals surface area (Å²) in [4.78, 5) is 13.3. The number of hydrogen-bond acceptors (Lipinski definition) is 4. The van der Waals surface area contributed by atoms with E-state index in [4.69, 9.17) is 11.6 Å². The number of aliphatic hydroxyl groups is 1. The number of nitrogens with one attached hydrogen (secondary N) is 1. The topological polar surface area (TPSA) is 65.0 Å². The third kappa shape index (κ3) is 4.46. The predicted molar refractivity (Wildman–Crippen MR) is 106 cm³/mol. The zero-order valence-electron chi connectivity index (χ0n) is 15.7. The van der Waals surface area contributed by atoms with Crippen LogP contribution in [-0.2, 0) is 0 Å². The van der Waals surface area contributed by atoms with Gasteiger partial charge >= 0.3 is 0 Å². The maximum atomic E-state index is 13.7. The van der Waals surface area contributed by atoms with E-state index in [2.05, 4.69) is 40.7 Å². The van der Waals surface area contributed by atoms with Gasteiger partial charge in [0.05, 0.1) is 17.2 Å². The smallest absolute Gasteiger partial charge is 0.150 e. The van der Waals surface area contributed by atoms with E-state index < -0.39 is 0 Å². The molecule has 0 radical (unpaired) electrons. The second kappa shape index (κ2) is 8.33. The first-order chi connectivity index (χ1) is 12.9. The lowest BCUT2D eigenvalue weighted by molar-refractivity contribution is 0.000995. The number of H-pyrrole nitrogens is 1. The average molecular weight is 391 g/mol. The molecule has 5 nitrogen and oxygen atoms in total. The quantitative estimate of drug-likeness (QED) is 0.659. The summed E-state index contributed by atoms with van der Waals surface area (Å²) in [5.41, 5.74) is 1.81. The largest absolute Gasteiger partial charge is 0.392 e. The van der Waals surface area contributed by atoms with Crippen molar-refractivity contribution in [1.82, 2.24) is 19.9 Å². The van der Waals surface area contributed by atoms with Crippen LogP contribution in [0.4, 0.5) is 4.39 Å². The van der Waals surface area contributed by atoms with E-state index in [0.29, 0.717) is 39.1 Å². The number of halogens is 2. The summed E-state index contributed by atoms with van der Waals surface area (Å²) in [7, 11) is 2.11. The van der Waals surface area contributed by atoms with Crippen molar-refractivity contribution in [3.05, 3.63) is 47.6 Å². The zero-order valence-corrected chi connectivity index (χ0v) is 16.4. The van der Waals surface area contributed by atoms with Crippen LogP contribution in [0.5, 0.6) is 0 Å². The van der Waals surface area contributed by atoms with E-state index in [-0.39, 0.29) is 11.9 Å². The number of fused-ring (bicyclic) bond motifs is 1. The highest BCUT2D eigenvalue weighted by Gasteiger charge is 2.27. The molecular weight excluding hydrogens is 367 g/mol. The van der Waals surface area contributed by atoms with Crippen molar-refractivity contribution in [2.75, 3.05) is 20.1 Å². The van der Waals surface area contributed by atoms with Gasteiger partial charge in [0.1, 0.15) is 5.65 Å². The normalized spacial score (nSPS) is 23.1. The van der Waals surface area contributed by atoms with Gasteiger partial charge in [-0.3, -0.25) is 4.98 Å². The molecule has 0 spiro atoms. The minimum Gasteiger partial charge on any atom is -0.392 e. The number of rotatable bonds is 1. The van der Waals surface area contributed by atoms with Gasteiger partial charge in [0.25, 0.3) is 0 Å². The van der Waals surface area contributed by atoms with Crippen LogP contribution in [0, 0.1) is 17.7 Å². The number of aliphatic hydroxyl groups excluding tert-OH is 1. The third-order valence-electron chi connectivity index (χ3n) is 4.89. The maximum Gasteiger partial charge on any atom is 0.150 e. The van der Waals surface area contributed by atoms with Crippen LogP contribution in [0.2, 0.25) is 5.02 Å². The lowest BCUT2D eigenvalue weighted by Gasteiger charge is -2.36. The predicted octanol–water partition coefficient (Wildman–Crippen LogP) is 3.98. The molecule has 144 valence electrons. The molecular formula is C20H24ClFN4O. The Balaban J connectivity index is 0.000000180. The highest BCUT2D eigenvalue weighted by molar-refractivity contribution is 6.30. The first kappa shape index (κ1) is 19.7. The summed E-state index contributed by atoms with van der Waals surface area (Å²) in [6.45, 7) is 6.28. The van der Waals surface area contributed by atoms with E-state index in [1.54, 1.807) is 30.6 Å². The van der Waals surface area contributed by atoms with Gasteiger partial charge in [-0.1, -0.05) is 25.4 Å². The Kier molecular flexibility index (Phi) is 6.09. The van der Waals surface area contributed by atoms with Gasteiger partial charge in [-0.05, 0) is 37.1 Å². The van der Waals surface area contributed by atoms with Gasteiger partial charge in [0.2, 0.25) is 0 Å². The molecule has 3 aromatic heterocycles. The molecule has 7 heteroatoms. The molecule has 0 amide bonds. The van der Waals surface area contributed by atoms with Crippen LogP contribution in [-0.4, -0.2) is 51.2 Å². The van der Waals surface area contributed by atoms with Crippen LogP contribution in [0.1, 0.15) is 13.8 Å². The number of nitrogens with zero attached hydrogens (tertiary/aromatic N) is 3. The lowest BCUT2D eigenvalue weighted by atomic mass is 9.89. The van der Waals surface area contributed by atoms with E-state index in [0.717, 1.165) is 13.1 Å². The van der Waals surface area contributed by atoms with Gasteiger partial charge in [0.15, 0.2) is 5.82 Å². The molecule has 0 aromatic carbocycles. The van der Waals surface area contributed by atoms with Crippen LogP contribution < -0.4 is 0 Å². The molecule has 1 fully saturated rings. The van der Waals surface area contributed by atoms with Crippen molar-refractivity contribution in [3.8, 4) is 11.3 Å². The SMILES string of the molecule is CC1CN(C)CC(C)C1O.Fc1c[nH]c2nccc(-c3cc(Cl)ccn3)c12. The van der Waals surface area contributed by atoms with Gasteiger partial charge in [-0.15, -0.1) is 0 Å². The molecule has 2 unspecified atom stereocenters. The molecule has 0 aliphatic carbocycles. The van der Waals surface area contributed by atoms with Gasteiger partial charge in [-0.25, -0.2) is 9.37 Å². The summed E-state index contributed by atoms with van der Waals surface area (Å²) >= 11 is 5.90. The minimum absolute atomic E-state index is 0.0869. The number of hydrogen-bond donors (Lipinski definition) is 2. The van der Waals surface area contributed by atoms with Crippen LogP contribution in [0.15, 0.2) is 36.8 Å². The monoisotopic (exact) mass is 390 g/mol. The number of piperidine rings is 1. The van der Waals surface area contributed by atoms with E-state index in [1.165, 1.54) is 6.20 Å². The van der Waals surface area contributed by atoms with E-state index >= 15 is 0 Å². The third-order valence-corrected chi connectivity index (χ3v) is 5.12. The molecule has 1 aliphatic rings. The molecule has 27 heavy (non-hydrogen) atoms. The molecule has 1 saturated heterocycles. The van der Waals surface area contributed by atoms with E-state index in [1.807, 2.05) is 0 Å². The average Bonchev–Trinajstić information content (AvgIpc) is 3.01. The van der Waals surface area contributed by atoms with Crippen molar-refractivity contribution >= 4 is 22.6 Å². The zero-order chi connectivity index (χ0) is 19.6. The standard InChI is InChI=1S/C12H7ClFN3.C8H17NO/c13-7-1-3-15-10(5-7)8-2-4-16-12-11(8)9(14)6-17-12;1-6-4-9(3)5-7(2)8(6)10/h1-6H,(H,16,17);6-8,10H,4-5H2,1-3H3. The Bertz CT molecular complexity index is 904. The Morgan fingerprint density at radius 2 is 1.85 bits per heavy atom. The first-order valence-corrected chi connectivity index (χ1v) is 9.34. The number of pyridine rings is 2. The molecule has 0 saturated carbocycles. The van der Waals surface area contributed by atoms with E-state index in [9.17, 15) is 9.50 Å². The fourth-order valence-corrected chi connectivity index (χ4v) is 3.78. The van der Waals surface area contributed by atoms with Gasteiger partial charge in [0, 0.05) is 42.3 Å².